The molecule has 3 fully saturated rings. The van der Waals surface area contributed by atoms with Crippen molar-refractivity contribution in [1.29, 1.82) is 0 Å². The van der Waals surface area contributed by atoms with Crippen molar-refractivity contribution in [2.45, 2.75) is 389 Å². The predicted molar refractivity (Wildman–Crippen MR) is 370 cm³/mol. The number of aliphatic hydroxyl groups excluding tert-OH is 10. The first-order chi connectivity index (χ1) is 47.2. The number of allylic oxidation sites excluding steroid dienone is 4. The summed E-state index contributed by atoms with van der Waals surface area (Å²) in [5.41, 5.74) is 0. The number of esters is 3. The Hall–Kier alpha value is -2.56. The third-order valence-electron chi connectivity index (χ3n) is 18.8. The molecule has 24 nitrogen and oxygen atoms in total. The van der Waals surface area contributed by atoms with Crippen LogP contribution in [0.2, 0.25) is 0 Å². The SMILES string of the molecule is CCCCCCCC/C=C\CCCCCC(=O)OC(COC(=O)CCCCCCCCC(C)CCCCCCCC)COP(=O)(O)OC1C(OC2OC(CO)C(O)C(O)C2O)C(O)C(O)C(O)C1OC1OC(COC(=O)CCCCC/C=C\CCCCCCCCC)C(O)C(O)C1O. The maximum atomic E-state index is 14.3. The van der Waals surface area contributed by atoms with E-state index in [1.54, 1.807) is 0 Å². The van der Waals surface area contributed by atoms with E-state index in [1.807, 2.05) is 0 Å². The van der Waals surface area contributed by atoms with E-state index in [4.69, 9.17) is 42.2 Å². The highest BCUT2D eigenvalue weighted by atomic mass is 31.2. The number of carbonyl (C=O) groups is 3. The topological polar surface area (TPSA) is 374 Å². The molecule has 11 N–H and O–H groups in total. The summed E-state index contributed by atoms with van der Waals surface area (Å²) in [7, 11) is -5.70. The zero-order valence-electron chi connectivity index (χ0n) is 60.0. The Bertz CT molecular complexity index is 2140. The highest BCUT2D eigenvalue weighted by Gasteiger charge is 2.58. The van der Waals surface area contributed by atoms with Gasteiger partial charge in [0.15, 0.2) is 18.7 Å². The van der Waals surface area contributed by atoms with Crippen LogP contribution in [0.25, 0.3) is 0 Å². The second-order valence-electron chi connectivity index (χ2n) is 27.6. The van der Waals surface area contributed by atoms with E-state index in [0.29, 0.717) is 31.6 Å². The van der Waals surface area contributed by atoms with Gasteiger partial charge in [0, 0.05) is 19.3 Å². The molecular formula is C73H133O24P. The van der Waals surface area contributed by atoms with Crippen LogP contribution in [-0.4, -0.2) is 204 Å². The van der Waals surface area contributed by atoms with Crippen LogP contribution >= 0.6 is 7.82 Å². The molecule has 19 unspecified atom stereocenters. The van der Waals surface area contributed by atoms with Crippen LogP contribution in [0.3, 0.4) is 0 Å². The normalized spacial score (nSPS) is 28.1. The van der Waals surface area contributed by atoms with E-state index in [1.165, 1.54) is 122 Å². The molecule has 0 amide bonds. The summed E-state index contributed by atoms with van der Waals surface area (Å²) in [5.74, 6) is -1.33. The number of hydrogen-bond acceptors (Lipinski definition) is 23. The third-order valence-corrected chi connectivity index (χ3v) is 19.8. The number of phosphoric ester groups is 1. The number of unbranched alkanes of at least 4 members (excludes halogenated alkanes) is 29. The number of aliphatic hydroxyl groups is 10. The predicted octanol–water partition coefficient (Wildman–Crippen LogP) is 10.4. The zero-order valence-corrected chi connectivity index (χ0v) is 60.9. The van der Waals surface area contributed by atoms with Crippen LogP contribution < -0.4 is 0 Å². The highest BCUT2D eigenvalue weighted by Crippen LogP contribution is 2.49. The molecule has 0 aromatic carbocycles. The van der Waals surface area contributed by atoms with Crippen molar-refractivity contribution in [2.75, 3.05) is 26.4 Å². The van der Waals surface area contributed by atoms with E-state index >= 15 is 0 Å². The Morgan fingerprint density at radius 1 is 0.418 bits per heavy atom. The van der Waals surface area contributed by atoms with Gasteiger partial charge in [-0.05, 0) is 76.5 Å². The number of hydrogen-bond donors (Lipinski definition) is 11. The molecule has 98 heavy (non-hydrogen) atoms. The van der Waals surface area contributed by atoms with Gasteiger partial charge in [-0.1, -0.05) is 219 Å². The van der Waals surface area contributed by atoms with Gasteiger partial charge < -0.3 is 89.1 Å². The summed E-state index contributed by atoms with van der Waals surface area (Å²) in [5, 5.41) is 110. The van der Waals surface area contributed by atoms with E-state index in [-0.39, 0.29) is 19.3 Å². The minimum atomic E-state index is -5.70. The van der Waals surface area contributed by atoms with Crippen molar-refractivity contribution in [3.8, 4) is 0 Å². The maximum Gasteiger partial charge on any atom is 0.472 e. The Kier molecular flexibility index (Phi) is 49.5. The van der Waals surface area contributed by atoms with Crippen molar-refractivity contribution in [1.82, 2.24) is 0 Å². The van der Waals surface area contributed by atoms with Crippen molar-refractivity contribution in [3.05, 3.63) is 24.3 Å². The lowest BCUT2D eigenvalue weighted by atomic mass is 9.84. The average molecular weight is 1430 g/mol. The third kappa shape index (κ3) is 37.2. The number of carbonyl (C=O) groups excluding carboxylic acids is 3. The van der Waals surface area contributed by atoms with E-state index < -0.39 is 156 Å². The smallest absolute Gasteiger partial charge is 0.463 e. The van der Waals surface area contributed by atoms with Crippen LogP contribution in [0.15, 0.2) is 24.3 Å². The van der Waals surface area contributed by atoms with Crippen LogP contribution in [-0.2, 0) is 61.2 Å². The summed E-state index contributed by atoms with van der Waals surface area (Å²) in [6, 6.07) is 0. The molecule has 2 heterocycles. The lowest BCUT2D eigenvalue weighted by Gasteiger charge is -2.49. The van der Waals surface area contributed by atoms with Crippen molar-refractivity contribution in [3.63, 3.8) is 0 Å². The molecule has 0 bridgehead atoms. The van der Waals surface area contributed by atoms with Gasteiger partial charge in [0.05, 0.1) is 13.2 Å². The lowest BCUT2D eigenvalue weighted by molar-refractivity contribution is -0.360. The molecule has 25 heteroatoms. The first-order valence-electron chi connectivity index (χ1n) is 38.0. The largest absolute Gasteiger partial charge is 0.472 e. The first-order valence-corrected chi connectivity index (χ1v) is 39.5. The molecule has 0 spiro atoms. The monoisotopic (exact) mass is 1420 g/mol. The Labute approximate surface area is 585 Å². The summed E-state index contributed by atoms with van der Waals surface area (Å²) in [6.45, 7) is 5.73. The van der Waals surface area contributed by atoms with E-state index in [9.17, 15) is 74.9 Å². The molecule has 3 aliphatic rings. The van der Waals surface area contributed by atoms with E-state index in [2.05, 4.69) is 52.0 Å². The number of phosphoric acid groups is 1. The van der Waals surface area contributed by atoms with Gasteiger partial charge in [-0.15, -0.1) is 0 Å². The van der Waals surface area contributed by atoms with Gasteiger partial charge >= 0.3 is 25.7 Å². The first kappa shape index (κ1) is 89.7. The van der Waals surface area contributed by atoms with Gasteiger partial charge in [-0.25, -0.2) is 4.57 Å². The second kappa shape index (κ2) is 54.1. The van der Waals surface area contributed by atoms with Crippen molar-refractivity contribution in [2.24, 2.45) is 5.92 Å². The second-order valence-corrected chi connectivity index (χ2v) is 29.0. The summed E-state index contributed by atoms with van der Waals surface area (Å²) < 4.78 is 65.0. The summed E-state index contributed by atoms with van der Waals surface area (Å²) in [6.07, 6.45) is 12.6. The van der Waals surface area contributed by atoms with Gasteiger partial charge in [0.25, 0.3) is 0 Å². The molecule has 2 saturated heterocycles. The summed E-state index contributed by atoms with van der Waals surface area (Å²) in [4.78, 5) is 51.0. The molecule has 0 radical (unpaired) electrons. The highest BCUT2D eigenvalue weighted by molar-refractivity contribution is 7.47. The number of ether oxygens (including phenoxy) is 7. The molecule has 3 rings (SSSR count). The summed E-state index contributed by atoms with van der Waals surface area (Å²) >= 11 is 0. The fourth-order valence-corrected chi connectivity index (χ4v) is 13.5. The fraction of sp³-hybridized carbons (Fsp3) is 0.904. The van der Waals surface area contributed by atoms with Crippen molar-refractivity contribution < 1.29 is 117 Å². The molecule has 1 saturated carbocycles. The molecule has 574 valence electrons. The Morgan fingerprint density at radius 3 is 1.21 bits per heavy atom. The maximum absolute atomic E-state index is 14.3. The van der Waals surface area contributed by atoms with Gasteiger partial charge in [0.2, 0.25) is 0 Å². The van der Waals surface area contributed by atoms with Crippen molar-refractivity contribution >= 4 is 25.7 Å². The average Bonchev–Trinajstić information content (AvgIpc) is 0.762. The van der Waals surface area contributed by atoms with Gasteiger partial charge in [-0.3, -0.25) is 23.4 Å². The molecule has 1 aliphatic carbocycles. The van der Waals surface area contributed by atoms with Gasteiger partial charge in [-0.2, -0.15) is 0 Å². The molecule has 2 aliphatic heterocycles. The quantitative estimate of drug-likeness (QED) is 0.00886. The Morgan fingerprint density at radius 2 is 0.776 bits per heavy atom. The van der Waals surface area contributed by atoms with Crippen LogP contribution in [0.5, 0.6) is 0 Å². The minimum Gasteiger partial charge on any atom is -0.463 e. The number of rotatable bonds is 58. The molecular weight excluding hydrogens is 1290 g/mol. The van der Waals surface area contributed by atoms with Crippen LogP contribution in [0.4, 0.5) is 0 Å². The fourth-order valence-electron chi connectivity index (χ4n) is 12.5. The minimum absolute atomic E-state index is 0.00741. The van der Waals surface area contributed by atoms with Crippen LogP contribution in [0, 0.1) is 5.92 Å². The standard InChI is InChI=1S/C73H133O24P/c1-5-8-11-14-17-19-21-23-25-26-28-30-36-42-47-58(76)90-52-56-61(79)63(81)68(86)73(94-56)96-70-66(84)64(82)65(83)69(95-72-67(85)62(80)60(78)55(49-74)93-72)71(70)97-98(87,88)91-51-54(92-59(77)48-43-38-31-29-27-24-22-20-18-15-12-9-6-2)50-89-57(75)46-41-37-33-32-35-40-45-53(4)44-39-34-16-13-10-7-3/h24-27,53-56,60-74,78-86H,5-23,28-52H2,1-4H3,(H,87,88)/b26-25-,27-24-. The van der Waals surface area contributed by atoms with E-state index in [0.717, 1.165) is 89.9 Å². The molecule has 0 aromatic rings. The molecule has 0 aromatic heterocycles. The van der Waals surface area contributed by atoms with Crippen LogP contribution in [0.1, 0.15) is 285 Å². The van der Waals surface area contributed by atoms with Gasteiger partial charge in [0.1, 0.15) is 98.7 Å². The molecule has 19 atom stereocenters. The lowest BCUT2D eigenvalue weighted by Crippen LogP contribution is -2.69. The zero-order chi connectivity index (χ0) is 71.9. The Balaban J connectivity index is 1.75.